The van der Waals surface area contributed by atoms with Crippen LogP contribution in [0.1, 0.15) is 150 Å². The van der Waals surface area contributed by atoms with Crippen molar-refractivity contribution in [3.63, 3.8) is 0 Å². The third kappa shape index (κ3) is 10.1. The van der Waals surface area contributed by atoms with Crippen LogP contribution in [0.3, 0.4) is 0 Å². The van der Waals surface area contributed by atoms with Crippen LogP contribution in [0.25, 0.3) is 61.0 Å². The van der Waals surface area contributed by atoms with Crippen LogP contribution in [-0.4, -0.2) is 15.6 Å². The van der Waals surface area contributed by atoms with Gasteiger partial charge in [0.15, 0.2) is 0 Å². The second-order valence-electron chi connectivity index (χ2n) is 26.8. The molecule has 0 N–H and O–H groups in total. The van der Waals surface area contributed by atoms with Gasteiger partial charge in [-0.3, -0.25) is 0 Å². The molecule has 6 heteroatoms. The monoisotopic (exact) mass is 1260 g/mol. The molecule has 0 fully saturated rings. The molecule has 12 rings (SSSR count). The Morgan fingerprint density at radius 3 is 1.83 bits per heavy atom. The van der Waals surface area contributed by atoms with E-state index in [4.69, 9.17) is 17.9 Å². The SMILES string of the molecule is [2H]C([2H])([2H])c1cc(-n2c3[c-]c(Oc4[c-]c([N+]5=C=[N+](c6c(-c7ccccc7)cc(C(C)(C)C)cc6-c6cc(C(C)(C)C)cc(C(C)(C)C)c6)c6ccccc65)ccc4)ccc3c3c(C([2H])([2H])[2H])cccc32)ncc1-c1ccc2c(c1)C(C)(C)CCC2(C)C.[Pt+2]. The third-order valence-corrected chi connectivity index (χ3v) is 17.0. The standard InChI is InChI=1S/C76H76N4O.Pt/c1-48-23-21-30-67-70(48)59-33-32-58(45-68(59)80(67)69-37-49(2)62(46-77-69)51-31-34-63-64(40-51)76(14,15)36-35-75(63,12)13)81-57-27-22-26-56(44-57)78-47-79(66-29-20-19-28-65(66)78)71-60(50-24-17-16-18-25-50)42-55(74(9,10)11)43-61(71)52-38-53(72(3,4)5)41-54(39-52)73(6,7)8;/h16-34,37-43,46H,35-36H2,1-15H3;/q;+2/i1D3,2D3;. The molecular formula is C76H76N4OPt+2. The van der Waals surface area contributed by atoms with Crippen LogP contribution >= 0.6 is 0 Å². The number of nitrogens with zero attached hydrogens (tertiary/aromatic N) is 4. The predicted molar refractivity (Wildman–Crippen MR) is 341 cm³/mol. The zero-order valence-electron chi connectivity index (χ0n) is 55.5. The smallest absolute Gasteiger partial charge is 0.509 e. The van der Waals surface area contributed by atoms with E-state index >= 15 is 0 Å². The first kappa shape index (κ1) is 49.2. The van der Waals surface area contributed by atoms with Gasteiger partial charge in [0.25, 0.3) is 11.4 Å². The number of pyridine rings is 1. The van der Waals surface area contributed by atoms with Crippen molar-refractivity contribution < 1.29 is 34.0 Å². The minimum atomic E-state index is -2.53. The van der Waals surface area contributed by atoms with Gasteiger partial charge < -0.3 is 9.30 Å². The first-order valence-electron chi connectivity index (χ1n) is 31.5. The Kier molecular flexibility index (Phi) is 12.3. The first-order chi connectivity index (χ1) is 40.8. The van der Waals surface area contributed by atoms with Gasteiger partial charge >= 0.3 is 27.1 Å². The van der Waals surface area contributed by atoms with E-state index in [0.29, 0.717) is 50.4 Å². The summed E-state index contributed by atoms with van der Waals surface area (Å²) in [5, 5.41) is 1.10. The minimum Gasteiger partial charge on any atom is -0.509 e. The zero-order valence-corrected chi connectivity index (χ0v) is 51.8. The van der Waals surface area contributed by atoms with E-state index < -0.39 is 13.7 Å². The van der Waals surface area contributed by atoms with Gasteiger partial charge in [0.1, 0.15) is 11.5 Å². The minimum absolute atomic E-state index is 0. The number of aryl methyl sites for hydroxylation is 2. The molecule has 8 aromatic carbocycles. The fourth-order valence-corrected chi connectivity index (χ4v) is 12.0. The van der Waals surface area contributed by atoms with Gasteiger partial charge in [-0.2, -0.15) is 12.1 Å². The van der Waals surface area contributed by atoms with E-state index in [1.165, 1.54) is 27.8 Å². The second kappa shape index (κ2) is 20.5. The Balaban J connectivity index is 0.00000800. The summed E-state index contributed by atoms with van der Waals surface area (Å²) in [5.74, 6) is 1.05. The van der Waals surface area contributed by atoms with E-state index in [0.717, 1.165) is 57.7 Å². The largest absolute Gasteiger partial charge is 2.00 e. The number of benzene rings is 8. The molecule has 0 unspecified atom stereocenters. The average molecular weight is 1260 g/mol. The maximum atomic E-state index is 8.94. The van der Waals surface area contributed by atoms with E-state index in [1.807, 2.05) is 47.0 Å². The zero-order chi connectivity index (χ0) is 62.1. The summed E-state index contributed by atoms with van der Waals surface area (Å²) < 4.78 is 65.6. The Hall–Kier alpha value is -7.42. The molecule has 0 saturated carbocycles. The van der Waals surface area contributed by atoms with Crippen molar-refractivity contribution in [3.05, 3.63) is 215 Å². The van der Waals surface area contributed by atoms with Crippen LogP contribution in [0.15, 0.2) is 164 Å². The Bertz CT molecular complexity index is 4470. The Morgan fingerprint density at radius 2 is 1.16 bits per heavy atom. The molecule has 82 heavy (non-hydrogen) atoms. The van der Waals surface area contributed by atoms with E-state index in [1.54, 1.807) is 35.0 Å². The van der Waals surface area contributed by atoms with E-state index in [2.05, 4.69) is 204 Å². The van der Waals surface area contributed by atoms with Gasteiger partial charge in [-0.15, -0.1) is 23.6 Å². The molecule has 0 spiro atoms. The number of para-hydroxylation sites is 2. The summed E-state index contributed by atoms with van der Waals surface area (Å²) in [7, 11) is 0. The topological polar surface area (TPSA) is 33.1 Å². The number of hydrogen-bond donors (Lipinski definition) is 0. The second-order valence-corrected chi connectivity index (χ2v) is 26.8. The number of ether oxygens (including phenoxy) is 1. The number of hydrogen-bond acceptors (Lipinski definition) is 2. The van der Waals surface area contributed by atoms with Gasteiger partial charge in [-0.1, -0.05) is 209 Å². The molecule has 0 atom stereocenters. The number of aromatic nitrogens is 2. The normalized spacial score (nSPS) is 16.1. The molecule has 2 aliphatic rings. The number of rotatable bonds is 8. The van der Waals surface area contributed by atoms with Crippen molar-refractivity contribution in [1.29, 1.82) is 0 Å². The van der Waals surface area contributed by atoms with Crippen molar-refractivity contribution >= 4 is 50.6 Å². The van der Waals surface area contributed by atoms with Gasteiger partial charge in [0, 0.05) is 49.1 Å². The van der Waals surface area contributed by atoms with Crippen molar-refractivity contribution in [2.45, 2.75) is 144 Å². The fraction of sp³-hybridized carbons (Fsp3) is 0.289. The summed E-state index contributed by atoms with van der Waals surface area (Å²) in [5.41, 5.74) is 16.3. The van der Waals surface area contributed by atoms with Gasteiger partial charge in [0.05, 0.1) is 11.1 Å². The van der Waals surface area contributed by atoms with Crippen LogP contribution in [0.2, 0.25) is 0 Å². The molecule has 0 saturated heterocycles. The van der Waals surface area contributed by atoms with Crippen molar-refractivity contribution in [3.8, 4) is 50.7 Å². The summed E-state index contributed by atoms with van der Waals surface area (Å²) in [4.78, 5) is 5.03. The molecule has 2 aromatic heterocycles. The maximum absolute atomic E-state index is 8.94. The molecule has 0 bridgehead atoms. The molecule has 0 amide bonds. The number of fused-ring (bicyclic) bond motifs is 5. The average Bonchev–Trinajstić information content (AvgIpc) is 1.47. The summed E-state index contributed by atoms with van der Waals surface area (Å²) >= 11 is 0. The van der Waals surface area contributed by atoms with Gasteiger partial charge in [-0.25, -0.2) is 4.98 Å². The molecule has 0 radical (unpaired) electrons. The van der Waals surface area contributed by atoms with Crippen molar-refractivity contribution in [1.82, 2.24) is 18.7 Å². The molecule has 414 valence electrons. The van der Waals surface area contributed by atoms with Crippen molar-refractivity contribution in [2.75, 3.05) is 0 Å². The summed E-state index contributed by atoms with van der Waals surface area (Å²) in [6.07, 6.45) is 3.72. The molecule has 1 aliphatic heterocycles. The molecule has 3 heterocycles. The van der Waals surface area contributed by atoms with Crippen LogP contribution in [-0.2, 0) is 48.1 Å². The Labute approximate surface area is 509 Å². The van der Waals surface area contributed by atoms with E-state index in [-0.39, 0.29) is 59.3 Å². The molecule has 1 aliphatic carbocycles. The molecule has 10 aromatic rings. The van der Waals surface area contributed by atoms with Crippen LogP contribution in [0, 0.1) is 25.8 Å². The van der Waals surface area contributed by atoms with Crippen LogP contribution in [0.5, 0.6) is 11.5 Å². The third-order valence-electron chi connectivity index (χ3n) is 17.0. The molecule has 5 nitrogen and oxygen atoms in total. The van der Waals surface area contributed by atoms with E-state index in [9.17, 15) is 0 Å². The van der Waals surface area contributed by atoms with Gasteiger partial charge in [0.2, 0.25) is 5.69 Å². The predicted octanol–water partition coefficient (Wildman–Crippen LogP) is 20.3. The summed E-state index contributed by atoms with van der Waals surface area (Å²) in [6.45, 7) is 24.6. The van der Waals surface area contributed by atoms with Crippen LogP contribution in [0.4, 0.5) is 22.7 Å². The first-order valence-corrected chi connectivity index (χ1v) is 28.5. The summed E-state index contributed by atoms with van der Waals surface area (Å²) in [6, 6.07) is 64.4. The van der Waals surface area contributed by atoms with Crippen molar-refractivity contribution in [2.24, 2.45) is 0 Å². The maximum Gasteiger partial charge on any atom is 2.00 e. The quantitative estimate of drug-likeness (QED) is 0.112. The Morgan fingerprint density at radius 1 is 0.549 bits per heavy atom. The fourth-order valence-electron chi connectivity index (χ4n) is 12.0. The van der Waals surface area contributed by atoms with Crippen LogP contribution < -0.4 is 13.9 Å². The van der Waals surface area contributed by atoms with Gasteiger partial charge in [-0.05, 0) is 138 Å². The molecular weight excluding hydrogens is 1180 g/mol.